The first-order chi connectivity index (χ1) is 19.5. The van der Waals surface area contributed by atoms with Crippen LogP contribution in [0.2, 0.25) is 0 Å². The van der Waals surface area contributed by atoms with E-state index in [0.717, 1.165) is 11.1 Å². The Bertz CT molecular complexity index is 1390. The summed E-state index contributed by atoms with van der Waals surface area (Å²) in [6, 6.07) is 47.1. The van der Waals surface area contributed by atoms with Gasteiger partial charge in [0.2, 0.25) is 0 Å². The van der Waals surface area contributed by atoms with E-state index >= 15 is 0 Å². The van der Waals surface area contributed by atoms with Crippen molar-refractivity contribution >= 4 is 30.4 Å². The standard InChI is InChI=1S/C32H25F3P.BF4/c33-32(34,35)27-23-21-26(22-24-27)31(25-13-5-1-6-14-25)36(28-15-7-2-8-16-28,29-17-9-3-10-18-29)30-19-11-4-12-20-30;2-1(3,4)5/h1-24,31H;/q+1;-1. The highest BCUT2D eigenvalue weighted by atomic mass is 31.2. The molecule has 0 radical (unpaired) electrons. The molecule has 0 spiro atoms. The van der Waals surface area contributed by atoms with Crippen LogP contribution in [0, 0.1) is 0 Å². The number of hydrogen-bond donors (Lipinski definition) is 0. The molecule has 0 heterocycles. The van der Waals surface area contributed by atoms with Gasteiger partial charge in [-0.15, -0.1) is 0 Å². The molecule has 0 nitrogen and oxygen atoms in total. The van der Waals surface area contributed by atoms with Gasteiger partial charge in [-0.05, 0) is 59.7 Å². The average molecular weight is 584 g/mol. The van der Waals surface area contributed by atoms with E-state index < -0.39 is 26.3 Å². The lowest BCUT2D eigenvalue weighted by Crippen LogP contribution is -2.35. The van der Waals surface area contributed by atoms with Gasteiger partial charge in [-0.3, -0.25) is 0 Å². The third-order valence-electron chi connectivity index (χ3n) is 6.55. The summed E-state index contributed by atoms with van der Waals surface area (Å²) in [5.41, 5.74) is 1.11. The van der Waals surface area contributed by atoms with E-state index in [1.165, 1.54) is 28.0 Å². The Balaban J connectivity index is 0.000000714. The molecule has 1 unspecified atom stereocenters. The zero-order valence-electron chi connectivity index (χ0n) is 21.6. The smallest absolute Gasteiger partial charge is 0.418 e. The van der Waals surface area contributed by atoms with Crippen LogP contribution in [0.4, 0.5) is 30.4 Å². The van der Waals surface area contributed by atoms with Crippen molar-refractivity contribution in [1.82, 2.24) is 0 Å². The normalized spacial score (nSPS) is 12.7. The number of halogens is 7. The van der Waals surface area contributed by atoms with Gasteiger partial charge < -0.3 is 17.3 Å². The topological polar surface area (TPSA) is 0 Å². The Morgan fingerprint density at radius 1 is 0.439 bits per heavy atom. The van der Waals surface area contributed by atoms with Crippen molar-refractivity contribution in [3.05, 3.63) is 162 Å². The number of rotatable bonds is 6. The molecule has 5 rings (SSSR count). The molecule has 0 aliphatic carbocycles. The van der Waals surface area contributed by atoms with Gasteiger partial charge >= 0.3 is 13.4 Å². The summed E-state index contributed by atoms with van der Waals surface area (Å²) in [5, 5.41) is 3.53. The molecule has 0 aliphatic heterocycles. The van der Waals surface area contributed by atoms with E-state index in [9.17, 15) is 30.4 Å². The predicted octanol–water partition coefficient (Wildman–Crippen LogP) is 9.09. The molecule has 0 bridgehead atoms. The summed E-state index contributed by atoms with van der Waals surface area (Å²) in [4.78, 5) is 0. The lowest BCUT2D eigenvalue weighted by molar-refractivity contribution is -0.137. The van der Waals surface area contributed by atoms with Crippen molar-refractivity contribution in [1.29, 1.82) is 0 Å². The first kappa shape index (κ1) is 30.1. The third-order valence-corrected chi connectivity index (χ3v) is 11.3. The highest BCUT2D eigenvalue weighted by Gasteiger charge is 2.53. The van der Waals surface area contributed by atoms with Crippen LogP contribution in [0.1, 0.15) is 22.3 Å². The zero-order valence-corrected chi connectivity index (χ0v) is 22.5. The minimum absolute atomic E-state index is 0.187. The maximum Gasteiger partial charge on any atom is 0.673 e. The van der Waals surface area contributed by atoms with Crippen LogP contribution in [-0.2, 0) is 6.18 Å². The van der Waals surface area contributed by atoms with Gasteiger partial charge in [0.1, 0.15) is 28.8 Å². The van der Waals surface area contributed by atoms with E-state index in [2.05, 4.69) is 48.5 Å². The molecule has 0 fully saturated rings. The second-order valence-corrected chi connectivity index (χ2v) is 12.7. The fraction of sp³-hybridized carbons (Fsp3) is 0.0625. The van der Waals surface area contributed by atoms with Crippen molar-refractivity contribution in [2.24, 2.45) is 0 Å². The summed E-state index contributed by atoms with van der Waals surface area (Å²) in [5.74, 6) is 0. The fourth-order valence-electron chi connectivity index (χ4n) is 5.01. The molecular weight excluding hydrogens is 559 g/mol. The molecule has 5 aromatic rings. The van der Waals surface area contributed by atoms with Crippen LogP contribution in [0.25, 0.3) is 0 Å². The van der Waals surface area contributed by atoms with Gasteiger partial charge in [0.25, 0.3) is 0 Å². The summed E-state index contributed by atoms with van der Waals surface area (Å²) in [6.45, 7) is 0. The first-order valence-electron chi connectivity index (χ1n) is 12.7. The van der Waals surface area contributed by atoms with Crippen LogP contribution < -0.4 is 15.9 Å². The van der Waals surface area contributed by atoms with E-state index in [-0.39, 0.29) is 5.66 Å². The van der Waals surface area contributed by atoms with E-state index in [1.807, 2.05) is 72.8 Å². The molecule has 0 N–H and O–H groups in total. The quantitative estimate of drug-likeness (QED) is 0.106. The number of alkyl halides is 3. The summed E-state index contributed by atoms with van der Waals surface area (Å²) in [7, 11) is -8.44. The Labute approximate surface area is 234 Å². The molecule has 1 atom stereocenters. The van der Waals surface area contributed by atoms with Gasteiger partial charge in [0.05, 0.1) is 5.56 Å². The Hall–Kier alpha value is -3.90. The predicted molar refractivity (Wildman–Crippen MR) is 155 cm³/mol. The van der Waals surface area contributed by atoms with Gasteiger partial charge in [-0.2, -0.15) is 13.2 Å². The van der Waals surface area contributed by atoms with E-state index in [4.69, 9.17) is 0 Å². The summed E-state index contributed by atoms with van der Waals surface area (Å²) >= 11 is 0. The largest absolute Gasteiger partial charge is 0.673 e. The van der Waals surface area contributed by atoms with Crippen LogP contribution >= 0.6 is 7.26 Å². The van der Waals surface area contributed by atoms with Crippen LogP contribution in [0.15, 0.2) is 146 Å². The molecule has 9 heteroatoms. The second kappa shape index (κ2) is 12.7. The molecule has 0 amide bonds. The Kier molecular flexibility index (Phi) is 9.34. The molecule has 210 valence electrons. The lowest BCUT2D eigenvalue weighted by atomic mass is 10.0. The van der Waals surface area contributed by atoms with Crippen LogP contribution in [0.5, 0.6) is 0 Å². The zero-order chi connectivity index (χ0) is 29.5. The van der Waals surface area contributed by atoms with Gasteiger partial charge in [-0.25, -0.2) is 0 Å². The number of benzene rings is 5. The van der Waals surface area contributed by atoms with Crippen LogP contribution in [-0.4, -0.2) is 7.25 Å². The number of hydrogen-bond acceptors (Lipinski definition) is 0. The molecule has 0 aliphatic rings. The molecule has 5 aromatic carbocycles. The van der Waals surface area contributed by atoms with Gasteiger partial charge in [0, 0.05) is 0 Å². The van der Waals surface area contributed by atoms with Crippen molar-refractivity contribution in [3.8, 4) is 0 Å². The second-order valence-electron chi connectivity index (χ2n) is 9.16. The molecule has 0 saturated heterocycles. The Morgan fingerprint density at radius 3 is 1.05 bits per heavy atom. The highest BCUT2D eigenvalue weighted by molar-refractivity contribution is 7.96. The minimum Gasteiger partial charge on any atom is -0.418 e. The van der Waals surface area contributed by atoms with Crippen LogP contribution in [0.3, 0.4) is 0 Å². The van der Waals surface area contributed by atoms with Crippen molar-refractivity contribution in [2.75, 3.05) is 0 Å². The molecule has 41 heavy (non-hydrogen) atoms. The van der Waals surface area contributed by atoms with E-state index in [0.29, 0.717) is 0 Å². The monoisotopic (exact) mass is 584 g/mol. The first-order valence-corrected chi connectivity index (χ1v) is 14.5. The minimum atomic E-state index is -6.00. The molecule has 0 saturated carbocycles. The highest BCUT2D eigenvalue weighted by Crippen LogP contribution is 2.68. The maximum atomic E-state index is 13.5. The third kappa shape index (κ3) is 7.25. The summed E-state index contributed by atoms with van der Waals surface area (Å²) < 4.78 is 79.4. The van der Waals surface area contributed by atoms with Crippen molar-refractivity contribution in [2.45, 2.75) is 11.8 Å². The summed E-state index contributed by atoms with van der Waals surface area (Å²) in [6.07, 6.45) is -4.38. The average Bonchev–Trinajstić information content (AvgIpc) is 2.96. The van der Waals surface area contributed by atoms with Crippen molar-refractivity contribution < 1.29 is 30.4 Å². The molecular formula is C32H25BF7P. The Morgan fingerprint density at radius 2 is 0.732 bits per heavy atom. The maximum absolute atomic E-state index is 13.5. The van der Waals surface area contributed by atoms with Gasteiger partial charge in [0.15, 0.2) is 0 Å². The molecule has 0 aromatic heterocycles. The van der Waals surface area contributed by atoms with Crippen molar-refractivity contribution in [3.63, 3.8) is 0 Å². The lowest BCUT2D eigenvalue weighted by Gasteiger charge is -2.35. The van der Waals surface area contributed by atoms with E-state index in [1.54, 1.807) is 12.1 Å². The van der Waals surface area contributed by atoms with Gasteiger partial charge in [-0.1, -0.05) is 97.1 Å². The fourth-order valence-corrected chi connectivity index (χ4v) is 9.97. The SMILES string of the molecule is FC(F)(F)c1ccc(C(c2ccccc2)[P+](c2ccccc2)(c2ccccc2)c2ccccc2)cc1.F[B-](F)(F)F.